The first-order chi connectivity index (χ1) is 6.72. The number of hydrogen-bond donors (Lipinski definition) is 3. The van der Waals surface area contributed by atoms with Crippen molar-refractivity contribution in [1.82, 2.24) is 15.3 Å². The summed E-state index contributed by atoms with van der Waals surface area (Å²) in [6.45, 7) is 0.651. The van der Waals surface area contributed by atoms with Gasteiger partial charge in [0.2, 0.25) is 0 Å². The highest BCUT2D eigenvalue weighted by atomic mass is 32.1. The molecule has 0 aliphatic heterocycles. The first-order valence-electron chi connectivity index (χ1n) is 4.67. The summed E-state index contributed by atoms with van der Waals surface area (Å²) in [5.41, 5.74) is 2.85. The van der Waals surface area contributed by atoms with Crippen LogP contribution in [0.5, 0.6) is 0 Å². The Kier molecular flexibility index (Phi) is 2.62. The van der Waals surface area contributed by atoms with Crippen LogP contribution in [-0.2, 0) is 13.0 Å². The van der Waals surface area contributed by atoms with Gasteiger partial charge < -0.3 is 15.4 Å². The van der Waals surface area contributed by atoms with Crippen molar-refractivity contribution in [3.05, 3.63) is 21.7 Å². The van der Waals surface area contributed by atoms with Gasteiger partial charge in [-0.2, -0.15) is 0 Å². The molecule has 14 heavy (non-hydrogen) atoms. The number of aryl methyl sites for hydroxylation is 1. The van der Waals surface area contributed by atoms with Crippen molar-refractivity contribution >= 4 is 12.2 Å². The average molecular weight is 211 g/mol. The fourth-order valence-electron chi connectivity index (χ4n) is 1.90. The van der Waals surface area contributed by atoms with Crippen LogP contribution in [0.1, 0.15) is 29.5 Å². The first kappa shape index (κ1) is 9.76. The molecular weight excluding hydrogens is 198 g/mol. The Morgan fingerprint density at radius 2 is 2.50 bits per heavy atom. The van der Waals surface area contributed by atoms with Crippen LogP contribution in [0, 0.1) is 4.77 Å². The van der Waals surface area contributed by atoms with Gasteiger partial charge in [-0.05, 0) is 32.1 Å². The smallest absolute Gasteiger partial charge is 0.197 e. The molecule has 1 unspecified atom stereocenters. The minimum atomic E-state index is -0.382. The lowest BCUT2D eigenvalue weighted by molar-refractivity contribution is 0.178. The molecule has 1 aliphatic rings. The van der Waals surface area contributed by atoms with E-state index in [1.807, 2.05) is 7.05 Å². The van der Waals surface area contributed by atoms with Gasteiger partial charge in [-0.15, -0.1) is 0 Å². The van der Waals surface area contributed by atoms with Crippen molar-refractivity contribution in [1.29, 1.82) is 0 Å². The van der Waals surface area contributed by atoms with E-state index in [0.717, 1.165) is 29.8 Å². The molecule has 0 saturated carbocycles. The van der Waals surface area contributed by atoms with Crippen molar-refractivity contribution in [3.63, 3.8) is 0 Å². The number of fused-ring (bicyclic) bond motifs is 1. The minimum Gasteiger partial charge on any atom is -0.388 e. The van der Waals surface area contributed by atoms with Crippen LogP contribution in [0.3, 0.4) is 0 Å². The number of aromatic amines is 1. The Bertz CT molecular complexity index is 402. The van der Waals surface area contributed by atoms with Gasteiger partial charge in [-0.25, -0.2) is 4.98 Å². The average Bonchev–Trinajstić information content (AvgIpc) is 2.48. The summed E-state index contributed by atoms with van der Waals surface area (Å²) < 4.78 is 0.503. The molecule has 76 valence electrons. The van der Waals surface area contributed by atoms with E-state index in [1.54, 1.807) is 0 Å². The number of aromatic nitrogens is 2. The normalized spacial score (nSPS) is 19.7. The molecule has 4 nitrogen and oxygen atoms in total. The molecule has 0 amide bonds. The second-order valence-corrected chi connectivity index (χ2v) is 3.85. The number of aliphatic hydroxyl groups excluding tert-OH is 1. The summed E-state index contributed by atoms with van der Waals surface area (Å²) in [5, 5.41) is 12.8. The molecule has 0 radical (unpaired) electrons. The van der Waals surface area contributed by atoms with Gasteiger partial charge in [0.15, 0.2) is 4.77 Å². The molecular formula is C9H13N3OS. The van der Waals surface area contributed by atoms with E-state index >= 15 is 0 Å². The van der Waals surface area contributed by atoms with Crippen LogP contribution in [0.2, 0.25) is 0 Å². The summed E-state index contributed by atoms with van der Waals surface area (Å²) in [7, 11) is 1.86. The molecule has 5 heteroatoms. The van der Waals surface area contributed by atoms with Crippen LogP contribution in [0.4, 0.5) is 0 Å². The number of aliphatic hydroxyl groups is 1. The highest BCUT2D eigenvalue weighted by Gasteiger charge is 2.24. The Hall–Kier alpha value is -0.780. The lowest BCUT2D eigenvalue weighted by atomic mass is 10.1. The van der Waals surface area contributed by atoms with E-state index in [2.05, 4.69) is 15.3 Å². The second-order valence-electron chi connectivity index (χ2n) is 3.47. The first-order valence-corrected chi connectivity index (χ1v) is 5.08. The molecule has 0 fully saturated rings. The molecule has 1 heterocycles. The summed E-state index contributed by atoms with van der Waals surface area (Å²) in [4.78, 5) is 7.25. The summed E-state index contributed by atoms with van der Waals surface area (Å²) >= 11 is 5.02. The maximum atomic E-state index is 9.76. The molecule has 0 bridgehead atoms. The molecule has 3 N–H and O–H groups in total. The van der Waals surface area contributed by atoms with E-state index in [0.29, 0.717) is 11.3 Å². The minimum absolute atomic E-state index is 0.382. The second kappa shape index (κ2) is 3.76. The van der Waals surface area contributed by atoms with E-state index in [1.165, 1.54) is 0 Å². The molecule has 0 saturated heterocycles. The highest BCUT2D eigenvalue weighted by Crippen LogP contribution is 2.31. The van der Waals surface area contributed by atoms with Crippen LogP contribution in [0.15, 0.2) is 0 Å². The van der Waals surface area contributed by atoms with Gasteiger partial charge in [0, 0.05) is 17.8 Å². The number of nitrogens with zero attached hydrogens (tertiary/aromatic N) is 1. The van der Waals surface area contributed by atoms with Crippen LogP contribution < -0.4 is 5.32 Å². The summed E-state index contributed by atoms with van der Waals surface area (Å²) in [5.74, 6) is 0. The Morgan fingerprint density at radius 1 is 1.71 bits per heavy atom. The maximum absolute atomic E-state index is 9.76. The summed E-state index contributed by atoms with van der Waals surface area (Å²) in [6.07, 6.45) is 1.25. The summed E-state index contributed by atoms with van der Waals surface area (Å²) in [6, 6.07) is 0. The van der Waals surface area contributed by atoms with Gasteiger partial charge in [0.1, 0.15) is 0 Å². The molecule has 1 aliphatic carbocycles. The quantitative estimate of drug-likeness (QED) is 0.634. The van der Waals surface area contributed by atoms with Crippen molar-refractivity contribution in [3.8, 4) is 0 Å². The Morgan fingerprint density at radius 3 is 3.21 bits per heavy atom. The molecule has 0 spiro atoms. The fraction of sp³-hybridized carbons (Fsp3) is 0.556. The van der Waals surface area contributed by atoms with E-state index in [9.17, 15) is 5.11 Å². The van der Waals surface area contributed by atoms with Gasteiger partial charge in [-0.3, -0.25) is 0 Å². The van der Waals surface area contributed by atoms with Crippen molar-refractivity contribution in [2.24, 2.45) is 0 Å². The van der Waals surface area contributed by atoms with Gasteiger partial charge >= 0.3 is 0 Å². The standard InChI is InChI=1S/C9H13N3OS/c1-10-4-6-8-5(2-3-7(8)13)11-9(14)12-6/h7,10,13H,2-4H2,1H3,(H,11,12,14). The molecule has 2 rings (SSSR count). The van der Waals surface area contributed by atoms with Crippen molar-refractivity contribution < 1.29 is 5.11 Å². The molecule has 0 aromatic carbocycles. The van der Waals surface area contributed by atoms with Gasteiger partial charge in [0.05, 0.1) is 11.8 Å². The SMILES string of the molecule is CNCc1nc(=S)[nH]c2c1C(O)CC2. The third kappa shape index (κ3) is 1.58. The van der Waals surface area contributed by atoms with E-state index in [4.69, 9.17) is 12.2 Å². The lowest BCUT2D eigenvalue weighted by Crippen LogP contribution is -2.12. The zero-order valence-electron chi connectivity index (χ0n) is 8.00. The lowest BCUT2D eigenvalue weighted by Gasteiger charge is -2.09. The Labute approximate surface area is 87.4 Å². The topological polar surface area (TPSA) is 60.9 Å². The fourth-order valence-corrected chi connectivity index (χ4v) is 2.13. The van der Waals surface area contributed by atoms with E-state index in [-0.39, 0.29) is 6.10 Å². The van der Waals surface area contributed by atoms with Gasteiger partial charge in [-0.1, -0.05) is 0 Å². The van der Waals surface area contributed by atoms with Crippen LogP contribution >= 0.6 is 12.2 Å². The third-order valence-corrected chi connectivity index (χ3v) is 2.67. The van der Waals surface area contributed by atoms with Crippen molar-refractivity contribution in [2.75, 3.05) is 7.05 Å². The maximum Gasteiger partial charge on any atom is 0.197 e. The number of nitrogens with one attached hydrogen (secondary N) is 2. The zero-order valence-corrected chi connectivity index (χ0v) is 8.82. The van der Waals surface area contributed by atoms with Crippen LogP contribution in [0.25, 0.3) is 0 Å². The Balaban J connectivity index is 2.53. The predicted molar refractivity (Wildman–Crippen MR) is 55.5 cm³/mol. The molecule has 1 aromatic heterocycles. The predicted octanol–water partition coefficient (Wildman–Crippen LogP) is 0.838. The third-order valence-electron chi connectivity index (χ3n) is 2.48. The molecule has 1 atom stereocenters. The van der Waals surface area contributed by atoms with Gasteiger partial charge in [0.25, 0.3) is 0 Å². The van der Waals surface area contributed by atoms with Crippen molar-refractivity contribution in [2.45, 2.75) is 25.5 Å². The van der Waals surface area contributed by atoms with Crippen LogP contribution in [-0.4, -0.2) is 22.1 Å². The highest BCUT2D eigenvalue weighted by molar-refractivity contribution is 7.71. The number of H-pyrrole nitrogens is 1. The zero-order chi connectivity index (χ0) is 10.1. The number of rotatable bonds is 2. The monoisotopic (exact) mass is 211 g/mol. The number of hydrogen-bond acceptors (Lipinski definition) is 4. The largest absolute Gasteiger partial charge is 0.388 e. The molecule has 1 aromatic rings. The van der Waals surface area contributed by atoms with E-state index < -0.39 is 0 Å².